The molecule has 3 aromatic rings. The van der Waals surface area contributed by atoms with Crippen LogP contribution >= 0.6 is 0 Å². The van der Waals surface area contributed by atoms with Crippen LogP contribution in [0.1, 0.15) is 44.7 Å². The Balaban J connectivity index is 1.25. The average molecular weight is 592 g/mol. The Bertz CT molecular complexity index is 1640. The van der Waals surface area contributed by atoms with E-state index in [0.717, 1.165) is 34.2 Å². The van der Waals surface area contributed by atoms with E-state index in [0.29, 0.717) is 23.9 Å². The first-order valence-electron chi connectivity index (χ1n) is 14.8. The van der Waals surface area contributed by atoms with Crippen LogP contribution in [0, 0.1) is 17.3 Å². The Morgan fingerprint density at radius 3 is 2.64 bits per heavy atom. The third-order valence-corrected chi connectivity index (χ3v) is 10.5. The quantitative estimate of drug-likeness (QED) is 0.353. The van der Waals surface area contributed by atoms with E-state index in [2.05, 4.69) is 30.5 Å². The zero-order chi connectivity index (χ0) is 30.0. The molecule has 1 saturated heterocycles. The molecule has 10 heteroatoms. The van der Waals surface area contributed by atoms with Gasteiger partial charge in [-0.2, -0.15) is 4.36 Å². The lowest BCUT2D eigenvalue weighted by molar-refractivity contribution is -0.199. The van der Waals surface area contributed by atoms with E-state index in [1.54, 1.807) is 18.8 Å². The van der Waals surface area contributed by atoms with Gasteiger partial charge in [-0.1, -0.05) is 38.1 Å². The lowest BCUT2D eigenvalue weighted by Crippen LogP contribution is -2.65. The predicted octanol–water partition coefficient (Wildman–Crippen LogP) is 5.40. The van der Waals surface area contributed by atoms with Crippen molar-refractivity contribution in [3.8, 4) is 0 Å². The summed E-state index contributed by atoms with van der Waals surface area (Å²) in [6.07, 6.45) is 7.89. The molecule has 0 unspecified atom stereocenters. The SMILES string of the molecule is CN(C)c1cc(CC(=O)N[C@@H](Cc2coc3ccccc23)B2O[C@@H]3C[C@@H]4C[C@@H](C4(C)C)[C@]3(C)O2)ccc1N=S(C)(C)=O. The molecule has 2 heterocycles. The summed E-state index contributed by atoms with van der Waals surface area (Å²) < 4.78 is 36.0. The van der Waals surface area contributed by atoms with Gasteiger partial charge in [-0.3, -0.25) is 4.79 Å². The topological polar surface area (TPSA) is 93.4 Å². The van der Waals surface area contributed by atoms with Crippen molar-refractivity contribution in [1.29, 1.82) is 0 Å². The van der Waals surface area contributed by atoms with E-state index in [-0.39, 0.29) is 29.4 Å². The molecule has 1 aliphatic heterocycles. The number of nitrogens with zero attached hydrogens (tertiary/aromatic N) is 2. The molecule has 5 atom stereocenters. The van der Waals surface area contributed by atoms with Crippen molar-refractivity contribution in [2.24, 2.45) is 21.6 Å². The molecule has 1 N–H and O–H groups in total. The van der Waals surface area contributed by atoms with Gasteiger partial charge >= 0.3 is 7.12 Å². The van der Waals surface area contributed by atoms with Crippen LogP contribution < -0.4 is 10.2 Å². The number of nitrogens with one attached hydrogen (secondary N) is 1. The molecular formula is C32H42BN3O5S. The number of furan rings is 1. The summed E-state index contributed by atoms with van der Waals surface area (Å²) in [5.74, 6) is 0.560. The van der Waals surface area contributed by atoms with Gasteiger partial charge in [0.15, 0.2) is 0 Å². The van der Waals surface area contributed by atoms with Crippen molar-refractivity contribution in [2.45, 2.75) is 64.1 Å². The van der Waals surface area contributed by atoms with Crippen LogP contribution in [-0.2, 0) is 36.7 Å². The maximum atomic E-state index is 13.6. The van der Waals surface area contributed by atoms with Crippen molar-refractivity contribution in [3.05, 3.63) is 59.9 Å². The van der Waals surface area contributed by atoms with Gasteiger partial charge in [0.2, 0.25) is 5.91 Å². The molecule has 1 amide bonds. The van der Waals surface area contributed by atoms with E-state index in [9.17, 15) is 9.00 Å². The molecule has 0 spiro atoms. The van der Waals surface area contributed by atoms with Gasteiger partial charge in [0, 0.05) is 41.7 Å². The molecular weight excluding hydrogens is 549 g/mol. The molecule has 42 heavy (non-hydrogen) atoms. The highest BCUT2D eigenvalue weighted by molar-refractivity contribution is 7.92. The van der Waals surface area contributed by atoms with Gasteiger partial charge in [0.05, 0.1) is 41.7 Å². The van der Waals surface area contributed by atoms with Gasteiger partial charge in [-0.25, -0.2) is 4.21 Å². The minimum atomic E-state index is -2.32. The van der Waals surface area contributed by atoms with E-state index in [4.69, 9.17) is 13.7 Å². The fraction of sp³-hybridized carbons (Fsp3) is 0.531. The second-order valence-corrected chi connectivity index (χ2v) is 16.2. The second kappa shape index (κ2) is 10.4. The number of carbonyl (C=O) groups is 1. The van der Waals surface area contributed by atoms with Crippen molar-refractivity contribution in [2.75, 3.05) is 31.5 Å². The minimum absolute atomic E-state index is 0.0195. The second-order valence-electron chi connectivity index (χ2n) is 13.6. The summed E-state index contributed by atoms with van der Waals surface area (Å²) in [6.45, 7) is 6.90. The summed E-state index contributed by atoms with van der Waals surface area (Å²) in [4.78, 5) is 15.5. The number of hydrogen-bond donors (Lipinski definition) is 1. The molecule has 4 aliphatic rings. The Morgan fingerprint density at radius 2 is 1.93 bits per heavy atom. The van der Waals surface area contributed by atoms with Crippen LogP contribution in [0.4, 0.5) is 11.4 Å². The third-order valence-electron chi connectivity index (χ3n) is 9.85. The summed E-state index contributed by atoms with van der Waals surface area (Å²) in [7, 11) is 0.942. The number of hydrogen-bond acceptors (Lipinski definition) is 7. The van der Waals surface area contributed by atoms with E-state index in [1.165, 1.54) is 6.42 Å². The van der Waals surface area contributed by atoms with Crippen molar-refractivity contribution in [1.82, 2.24) is 5.32 Å². The van der Waals surface area contributed by atoms with Crippen molar-refractivity contribution >= 4 is 45.1 Å². The van der Waals surface area contributed by atoms with E-state index < -0.39 is 22.8 Å². The first-order chi connectivity index (χ1) is 19.7. The standard InChI is InChI=1S/C32H42BN3O5S/c1-31(2)22-17-27(31)32(3)28(18-22)40-33(41-32)29(16-21-19-39-26-11-9-8-10-23(21)26)34-30(37)15-20-12-13-24(35-42(6,7)38)25(14-20)36(4)5/h8-14,19,22,27-29H,15-18H2,1-7H3,(H,34,37)/t22-,27-,28+,29-,32-/m0/s1. The highest BCUT2D eigenvalue weighted by Gasteiger charge is 2.68. The summed E-state index contributed by atoms with van der Waals surface area (Å²) in [5.41, 5.74) is 4.00. The smallest absolute Gasteiger partial charge is 0.464 e. The average Bonchev–Trinajstić information content (AvgIpc) is 3.48. The first kappa shape index (κ1) is 29.3. The molecule has 4 fully saturated rings. The van der Waals surface area contributed by atoms with E-state index >= 15 is 0 Å². The molecule has 8 nitrogen and oxygen atoms in total. The summed E-state index contributed by atoms with van der Waals surface area (Å²) >= 11 is 0. The van der Waals surface area contributed by atoms with Crippen LogP contribution in [0.25, 0.3) is 11.0 Å². The molecule has 0 radical (unpaired) electrons. The third kappa shape index (κ3) is 5.26. The lowest BCUT2D eigenvalue weighted by atomic mass is 9.43. The minimum Gasteiger partial charge on any atom is -0.464 e. The van der Waals surface area contributed by atoms with Crippen LogP contribution in [0.15, 0.2) is 57.5 Å². The number of benzene rings is 2. The summed E-state index contributed by atoms with van der Waals surface area (Å²) in [6, 6.07) is 13.6. The molecule has 3 saturated carbocycles. The van der Waals surface area contributed by atoms with Crippen molar-refractivity contribution < 1.29 is 22.7 Å². The Kier molecular flexibility index (Phi) is 7.26. The highest BCUT2D eigenvalue weighted by atomic mass is 32.2. The molecule has 2 aromatic carbocycles. The Morgan fingerprint density at radius 1 is 1.17 bits per heavy atom. The number of amides is 1. The zero-order valence-corrected chi connectivity index (χ0v) is 26.5. The van der Waals surface area contributed by atoms with Crippen LogP contribution in [0.2, 0.25) is 0 Å². The molecule has 224 valence electrons. The van der Waals surface area contributed by atoms with E-state index in [1.807, 2.05) is 61.5 Å². The van der Waals surface area contributed by atoms with Gasteiger partial charge in [0.25, 0.3) is 0 Å². The Hall–Kier alpha value is -2.82. The largest absolute Gasteiger partial charge is 0.482 e. The van der Waals surface area contributed by atoms with Crippen LogP contribution in [0.5, 0.6) is 0 Å². The normalized spacial score (nSPS) is 26.8. The number of rotatable bonds is 8. The monoisotopic (exact) mass is 591 g/mol. The number of fused-ring (bicyclic) bond motifs is 1. The fourth-order valence-corrected chi connectivity index (χ4v) is 8.14. The zero-order valence-electron chi connectivity index (χ0n) is 25.7. The molecule has 3 aliphatic carbocycles. The molecule has 1 aromatic heterocycles. The Labute approximate surface area is 249 Å². The number of anilines is 1. The maximum Gasteiger partial charge on any atom is 0.482 e. The first-order valence-corrected chi connectivity index (χ1v) is 17.1. The summed E-state index contributed by atoms with van der Waals surface area (Å²) in [5, 5.41) is 4.30. The fourth-order valence-electron chi connectivity index (χ4n) is 7.51. The van der Waals surface area contributed by atoms with Crippen molar-refractivity contribution in [3.63, 3.8) is 0 Å². The number of para-hydroxylation sites is 1. The van der Waals surface area contributed by atoms with Gasteiger partial charge in [-0.15, -0.1) is 0 Å². The van der Waals surface area contributed by atoms with Crippen LogP contribution in [-0.4, -0.2) is 61.5 Å². The highest BCUT2D eigenvalue weighted by Crippen LogP contribution is 2.65. The van der Waals surface area contributed by atoms with Gasteiger partial charge in [0.1, 0.15) is 5.58 Å². The van der Waals surface area contributed by atoms with Gasteiger partial charge < -0.3 is 23.9 Å². The van der Waals surface area contributed by atoms with Crippen LogP contribution in [0.3, 0.4) is 0 Å². The molecule has 7 rings (SSSR count). The number of carbonyl (C=O) groups excluding carboxylic acids is 1. The lowest BCUT2D eigenvalue weighted by Gasteiger charge is -2.64. The predicted molar refractivity (Wildman–Crippen MR) is 169 cm³/mol. The van der Waals surface area contributed by atoms with Gasteiger partial charge in [-0.05, 0) is 72.8 Å². The maximum absolute atomic E-state index is 13.6. The molecule has 2 bridgehead atoms.